The zero-order valence-electron chi connectivity index (χ0n) is 11.8. The lowest BCUT2D eigenvalue weighted by Gasteiger charge is -2.31. The number of carbonyl (C=O) groups is 1. The van der Waals surface area contributed by atoms with E-state index in [0.717, 1.165) is 30.6 Å². The minimum Gasteiger partial charge on any atom is -0.443 e. The molecule has 0 saturated carbocycles. The van der Waals surface area contributed by atoms with Crippen molar-refractivity contribution in [3.8, 4) is 0 Å². The Bertz CT molecular complexity index is 471. The third kappa shape index (κ3) is 3.60. The van der Waals surface area contributed by atoms with Crippen LogP contribution in [0.15, 0.2) is 36.4 Å². The van der Waals surface area contributed by atoms with Crippen molar-refractivity contribution in [1.29, 1.82) is 0 Å². The smallest absolute Gasteiger partial charge is 0.414 e. The SMILES string of the molecule is CC(C)(C)OC(=O)N1CCCC=C1c1ccccc1. The van der Waals surface area contributed by atoms with Crippen LogP contribution in [-0.4, -0.2) is 23.1 Å². The Morgan fingerprint density at radius 3 is 2.53 bits per heavy atom. The van der Waals surface area contributed by atoms with Crippen LogP contribution in [0.25, 0.3) is 5.70 Å². The zero-order chi connectivity index (χ0) is 13.9. The van der Waals surface area contributed by atoms with Crippen LogP contribution in [0.2, 0.25) is 0 Å². The maximum absolute atomic E-state index is 12.3. The number of allylic oxidation sites excluding steroid dienone is 1. The van der Waals surface area contributed by atoms with Crippen LogP contribution in [0.4, 0.5) is 4.79 Å². The molecule has 0 bridgehead atoms. The molecule has 1 aromatic rings. The molecular formula is C16H21NO2. The van der Waals surface area contributed by atoms with Gasteiger partial charge in [0.1, 0.15) is 5.60 Å². The molecule has 1 aliphatic heterocycles. The summed E-state index contributed by atoms with van der Waals surface area (Å²) < 4.78 is 5.48. The summed E-state index contributed by atoms with van der Waals surface area (Å²) in [4.78, 5) is 14.0. The van der Waals surface area contributed by atoms with Gasteiger partial charge in [-0.15, -0.1) is 0 Å². The van der Waals surface area contributed by atoms with Gasteiger partial charge in [0.25, 0.3) is 0 Å². The molecule has 0 saturated heterocycles. The average Bonchev–Trinajstić information content (AvgIpc) is 2.38. The molecule has 1 amide bonds. The molecular weight excluding hydrogens is 238 g/mol. The highest BCUT2D eigenvalue weighted by atomic mass is 16.6. The molecule has 0 fully saturated rings. The largest absolute Gasteiger partial charge is 0.443 e. The van der Waals surface area contributed by atoms with Crippen LogP contribution in [-0.2, 0) is 4.74 Å². The number of rotatable bonds is 1. The van der Waals surface area contributed by atoms with Crippen molar-refractivity contribution < 1.29 is 9.53 Å². The van der Waals surface area contributed by atoms with Crippen LogP contribution < -0.4 is 0 Å². The van der Waals surface area contributed by atoms with E-state index in [1.807, 2.05) is 51.1 Å². The molecule has 19 heavy (non-hydrogen) atoms. The molecule has 3 nitrogen and oxygen atoms in total. The normalized spacial score (nSPS) is 15.9. The monoisotopic (exact) mass is 259 g/mol. The van der Waals surface area contributed by atoms with Crippen molar-refractivity contribution in [2.24, 2.45) is 0 Å². The summed E-state index contributed by atoms with van der Waals surface area (Å²) in [6.07, 6.45) is 3.84. The van der Waals surface area contributed by atoms with E-state index in [-0.39, 0.29) is 6.09 Å². The van der Waals surface area contributed by atoms with Crippen molar-refractivity contribution in [2.75, 3.05) is 6.54 Å². The van der Waals surface area contributed by atoms with Gasteiger partial charge in [-0.3, -0.25) is 4.90 Å². The molecule has 0 atom stereocenters. The third-order valence-electron chi connectivity index (χ3n) is 2.90. The molecule has 3 heteroatoms. The number of hydrogen-bond acceptors (Lipinski definition) is 2. The molecule has 0 spiro atoms. The summed E-state index contributed by atoms with van der Waals surface area (Å²) in [7, 11) is 0. The Morgan fingerprint density at radius 1 is 1.21 bits per heavy atom. The van der Waals surface area contributed by atoms with E-state index in [1.54, 1.807) is 4.90 Å². The Labute approximate surface area is 114 Å². The van der Waals surface area contributed by atoms with Gasteiger partial charge >= 0.3 is 6.09 Å². The number of nitrogens with zero attached hydrogens (tertiary/aromatic N) is 1. The summed E-state index contributed by atoms with van der Waals surface area (Å²) in [6.45, 7) is 6.39. The standard InChI is InChI=1S/C16H21NO2/c1-16(2,3)19-15(18)17-12-8-7-11-14(17)13-9-5-4-6-10-13/h4-6,9-11H,7-8,12H2,1-3H3. The van der Waals surface area contributed by atoms with Gasteiger partial charge in [-0.1, -0.05) is 36.4 Å². The van der Waals surface area contributed by atoms with Gasteiger partial charge in [0.05, 0.1) is 5.70 Å². The van der Waals surface area contributed by atoms with Gasteiger partial charge in [0.2, 0.25) is 0 Å². The molecule has 0 aliphatic carbocycles. The molecule has 0 N–H and O–H groups in total. The second-order valence-electron chi connectivity index (χ2n) is 5.73. The predicted octanol–water partition coefficient (Wildman–Crippen LogP) is 4.06. The average molecular weight is 259 g/mol. The third-order valence-corrected chi connectivity index (χ3v) is 2.90. The van der Waals surface area contributed by atoms with E-state index in [2.05, 4.69) is 6.08 Å². The Balaban J connectivity index is 2.22. The highest BCUT2D eigenvalue weighted by Crippen LogP contribution is 2.26. The van der Waals surface area contributed by atoms with Crippen molar-refractivity contribution in [2.45, 2.75) is 39.2 Å². The number of benzene rings is 1. The highest BCUT2D eigenvalue weighted by molar-refractivity contribution is 5.82. The van der Waals surface area contributed by atoms with E-state index in [0.29, 0.717) is 0 Å². The van der Waals surface area contributed by atoms with Crippen molar-refractivity contribution in [3.63, 3.8) is 0 Å². The zero-order valence-corrected chi connectivity index (χ0v) is 11.8. The highest BCUT2D eigenvalue weighted by Gasteiger charge is 2.26. The lowest BCUT2D eigenvalue weighted by atomic mass is 10.1. The fourth-order valence-corrected chi connectivity index (χ4v) is 2.11. The minimum atomic E-state index is -0.462. The predicted molar refractivity (Wildman–Crippen MR) is 76.6 cm³/mol. The van der Waals surface area contributed by atoms with Gasteiger partial charge < -0.3 is 4.74 Å². The minimum absolute atomic E-state index is 0.262. The maximum Gasteiger partial charge on any atom is 0.414 e. The summed E-state index contributed by atoms with van der Waals surface area (Å²) >= 11 is 0. The van der Waals surface area contributed by atoms with Crippen molar-refractivity contribution >= 4 is 11.8 Å². The second-order valence-corrected chi connectivity index (χ2v) is 5.73. The van der Waals surface area contributed by atoms with Gasteiger partial charge in [-0.2, -0.15) is 0 Å². The summed E-state index contributed by atoms with van der Waals surface area (Å²) in [5.74, 6) is 0. The Morgan fingerprint density at radius 2 is 1.89 bits per heavy atom. The van der Waals surface area contributed by atoms with E-state index in [1.165, 1.54) is 0 Å². The van der Waals surface area contributed by atoms with Crippen molar-refractivity contribution in [3.05, 3.63) is 42.0 Å². The fourth-order valence-electron chi connectivity index (χ4n) is 2.11. The van der Waals surface area contributed by atoms with E-state index >= 15 is 0 Å². The number of carbonyl (C=O) groups excluding carboxylic acids is 1. The lowest BCUT2D eigenvalue weighted by Crippen LogP contribution is -2.37. The van der Waals surface area contributed by atoms with Gasteiger partial charge in [-0.05, 0) is 39.2 Å². The Kier molecular flexibility index (Phi) is 3.93. The second kappa shape index (κ2) is 5.47. The molecule has 0 unspecified atom stereocenters. The molecule has 2 rings (SSSR count). The van der Waals surface area contributed by atoms with Crippen LogP contribution in [0.1, 0.15) is 39.2 Å². The summed E-state index contributed by atoms with van der Waals surface area (Å²) in [5, 5.41) is 0. The topological polar surface area (TPSA) is 29.5 Å². The molecule has 0 aromatic heterocycles. The van der Waals surface area contributed by atoms with Crippen LogP contribution in [0, 0.1) is 0 Å². The molecule has 0 radical (unpaired) electrons. The van der Waals surface area contributed by atoms with Gasteiger partial charge in [0, 0.05) is 6.54 Å². The molecule has 1 aromatic carbocycles. The van der Waals surface area contributed by atoms with Crippen molar-refractivity contribution in [1.82, 2.24) is 4.90 Å². The van der Waals surface area contributed by atoms with Crippen LogP contribution in [0.5, 0.6) is 0 Å². The molecule has 1 aliphatic rings. The maximum atomic E-state index is 12.3. The first kappa shape index (κ1) is 13.7. The van der Waals surface area contributed by atoms with E-state index in [4.69, 9.17) is 4.74 Å². The Hall–Kier alpha value is -1.77. The quantitative estimate of drug-likeness (QED) is 0.761. The first-order valence-electron chi connectivity index (χ1n) is 6.73. The van der Waals surface area contributed by atoms with Crippen LogP contribution >= 0.6 is 0 Å². The van der Waals surface area contributed by atoms with E-state index < -0.39 is 5.60 Å². The number of amides is 1. The van der Waals surface area contributed by atoms with Gasteiger partial charge in [0.15, 0.2) is 0 Å². The van der Waals surface area contributed by atoms with Gasteiger partial charge in [-0.25, -0.2) is 4.79 Å². The molecule has 102 valence electrons. The molecule has 1 heterocycles. The number of ether oxygens (including phenoxy) is 1. The van der Waals surface area contributed by atoms with E-state index in [9.17, 15) is 4.79 Å². The lowest BCUT2D eigenvalue weighted by molar-refractivity contribution is 0.0347. The van der Waals surface area contributed by atoms with Crippen LogP contribution in [0.3, 0.4) is 0 Å². The number of hydrogen-bond donors (Lipinski definition) is 0. The first-order chi connectivity index (χ1) is 8.97. The fraction of sp³-hybridized carbons (Fsp3) is 0.438. The summed E-state index contributed by atoms with van der Waals surface area (Å²) in [6, 6.07) is 9.99. The first-order valence-corrected chi connectivity index (χ1v) is 6.73. The summed E-state index contributed by atoms with van der Waals surface area (Å²) in [5.41, 5.74) is 1.56.